The van der Waals surface area contributed by atoms with Crippen molar-refractivity contribution >= 4 is 35.1 Å². The first-order valence-corrected chi connectivity index (χ1v) is 10.9. The molecular weight excluding hydrogens is 388 g/mol. The van der Waals surface area contributed by atoms with E-state index in [1.807, 2.05) is 23.1 Å². The fraction of sp³-hybridized carbons (Fsp3) is 0.476. The number of rotatable bonds is 8. The van der Waals surface area contributed by atoms with E-state index in [0.717, 1.165) is 31.6 Å². The molecule has 1 saturated heterocycles. The summed E-state index contributed by atoms with van der Waals surface area (Å²) in [6.07, 6.45) is 2.03. The first-order valence-electron chi connectivity index (χ1n) is 9.85. The average Bonchev–Trinajstić information content (AvgIpc) is 3.35. The zero-order chi connectivity index (χ0) is 20.8. The molecule has 0 aliphatic carbocycles. The molecule has 1 aliphatic rings. The number of aryl methyl sites for hydroxylation is 1. The Labute approximate surface area is 175 Å². The summed E-state index contributed by atoms with van der Waals surface area (Å²) in [5.41, 5.74) is 1.15. The van der Waals surface area contributed by atoms with E-state index in [2.05, 4.69) is 34.6 Å². The van der Waals surface area contributed by atoms with Crippen LogP contribution in [0.5, 0.6) is 0 Å². The molecular formula is C21H28N4O3S. The van der Waals surface area contributed by atoms with Gasteiger partial charge in [-0.05, 0) is 38.8 Å². The normalized spacial score (nSPS) is 17.2. The second-order valence-corrected chi connectivity index (χ2v) is 8.69. The summed E-state index contributed by atoms with van der Waals surface area (Å²) in [6.45, 7) is 5.15. The van der Waals surface area contributed by atoms with Crippen LogP contribution in [0.1, 0.15) is 25.5 Å². The molecule has 0 saturated carbocycles. The van der Waals surface area contributed by atoms with Gasteiger partial charge in [-0.25, -0.2) is 0 Å². The number of carbonyl (C=O) groups is 2. The van der Waals surface area contributed by atoms with Crippen LogP contribution >= 0.6 is 11.8 Å². The maximum absolute atomic E-state index is 12.8. The molecule has 2 atom stereocenters. The van der Waals surface area contributed by atoms with Crippen LogP contribution in [0.25, 0.3) is 0 Å². The number of para-hydroxylation sites is 1. The van der Waals surface area contributed by atoms with Crippen molar-refractivity contribution in [2.75, 3.05) is 36.1 Å². The number of nitrogens with one attached hydrogen (secondary N) is 1. The third-order valence-corrected chi connectivity index (χ3v) is 6.21. The molecule has 7 nitrogen and oxygen atoms in total. The minimum atomic E-state index is -0.357. The smallest absolute Gasteiger partial charge is 0.238 e. The van der Waals surface area contributed by atoms with Crippen LogP contribution in [0.4, 0.5) is 11.5 Å². The standard InChI is InChI=1S/C21H28N4O3S/c1-15-12-19(23-28-15)22-21(27)16(2)29-14-20(26)25-11-7-10-18(25)13-24(3)17-8-5-4-6-9-17/h4-6,8-9,12,16,18H,7,10-11,13-14H2,1-3H3,(H,22,23,27)/t16-,18+/m1/s1. The molecule has 29 heavy (non-hydrogen) atoms. The van der Waals surface area contributed by atoms with Gasteiger partial charge in [0.1, 0.15) is 5.76 Å². The second kappa shape index (κ2) is 9.82. The van der Waals surface area contributed by atoms with E-state index in [-0.39, 0.29) is 28.9 Å². The van der Waals surface area contributed by atoms with Crippen LogP contribution < -0.4 is 10.2 Å². The van der Waals surface area contributed by atoms with Gasteiger partial charge in [-0.3, -0.25) is 9.59 Å². The molecule has 2 amide bonds. The van der Waals surface area contributed by atoms with Gasteiger partial charge >= 0.3 is 0 Å². The Morgan fingerprint density at radius 2 is 2.14 bits per heavy atom. The van der Waals surface area contributed by atoms with Crippen molar-refractivity contribution in [3.8, 4) is 0 Å². The van der Waals surface area contributed by atoms with Gasteiger partial charge < -0.3 is 19.6 Å². The number of amides is 2. The molecule has 0 spiro atoms. The molecule has 0 radical (unpaired) electrons. The predicted molar refractivity (Wildman–Crippen MR) is 116 cm³/mol. The van der Waals surface area contributed by atoms with Gasteiger partial charge in [0.15, 0.2) is 5.82 Å². The lowest BCUT2D eigenvalue weighted by atomic mass is 10.2. The van der Waals surface area contributed by atoms with Crippen molar-refractivity contribution < 1.29 is 14.1 Å². The number of anilines is 2. The zero-order valence-electron chi connectivity index (χ0n) is 17.1. The molecule has 1 aromatic carbocycles. The third-order valence-electron chi connectivity index (χ3n) is 5.08. The average molecular weight is 417 g/mol. The number of likely N-dealkylation sites (tertiary alicyclic amines) is 1. The minimum Gasteiger partial charge on any atom is -0.373 e. The quantitative estimate of drug-likeness (QED) is 0.712. The fourth-order valence-corrected chi connectivity index (χ4v) is 4.23. The van der Waals surface area contributed by atoms with Crippen molar-refractivity contribution in [3.63, 3.8) is 0 Å². The van der Waals surface area contributed by atoms with Gasteiger partial charge in [0.25, 0.3) is 0 Å². The molecule has 8 heteroatoms. The Bertz CT molecular complexity index is 826. The van der Waals surface area contributed by atoms with Crippen molar-refractivity contribution in [1.82, 2.24) is 10.1 Å². The summed E-state index contributed by atoms with van der Waals surface area (Å²) in [6, 6.07) is 12.1. The highest BCUT2D eigenvalue weighted by molar-refractivity contribution is 8.01. The largest absolute Gasteiger partial charge is 0.373 e. The van der Waals surface area contributed by atoms with Crippen molar-refractivity contribution in [1.29, 1.82) is 0 Å². The third kappa shape index (κ3) is 5.76. The Hall–Kier alpha value is -2.48. The van der Waals surface area contributed by atoms with Crippen LogP contribution in [0.15, 0.2) is 40.9 Å². The van der Waals surface area contributed by atoms with Crippen LogP contribution in [0, 0.1) is 6.92 Å². The molecule has 2 aromatic rings. The fourth-order valence-electron chi connectivity index (χ4n) is 3.47. The molecule has 1 aliphatic heterocycles. The van der Waals surface area contributed by atoms with E-state index in [4.69, 9.17) is 4.52 Å². The van der Waals surface area contributed by atoms with Crippen LogP contribution in [-0.4, -0.2) is 59.1 Å². The highest BCUT2D eigenvalue weighted by Gasteiger charge is 2.30. The van der Waals surface area contributed by atoms with E-state index in [1.54, 1.807) is 19.9 Å². The summed E-state index contributed by atoms with van der Waals surface area (Å²) in [5.74, 6) is 1.23. The topological polar surface area (TPSA) is 78.7 Å². The molecule has 1 fully saturated rings. The van der Waals surface area contributed by atoms with E-state index < -0.39 is 0 Å². The van der Waals surface area contributed by atoms with Crippen molar-refractivity contribution in [2.45, 2.75) is 38.0 Å². The number of carbonyl (C=O) groups excluding carboxylic acids is 2. The highest BCUT2D eigenvalue weighted by atomic mass is 32.2. The Morgan fingerprint density at radius 1 is 1.38 bits per heavy atom. The Morgan fingerprint density at radius 3 is 2.83 bits per heavy atom. The van der Waals surface area contributed by atoms with E-state index in [1.165, 1.54) is 11.8 Å². The van der Waals surface area contributed by atoms with Gasteiger partial charge in [-0.15, -0.1) is 11.8 Å². The van der Waals surface area contributed by atoms with Gasteiger partial charge in [0, 0.05) is 37.9 Å². The SMILES string of the molecule is Cc1cc(NC(=O)[C@@H](C)SCC(=O)N2CCC[C@H]2CN(C)c2ccccc2)no1. The molecule has 1 aromatic heterocycles. The number of thioether (sulfide) groups is 1. The van der Waals surface area contributed by atoms with Gasteiger partial charge in [0.05, 0.1) is 11.0 Å². The summed E-state index contributed by atoms with van der Waals surface area (Å²) < 4.78 is 4.95. The van der Waals surface area contributed by atoms with Crippen LogP contribution in [0.3, 0.4) is 0 Å². The number of benzene rings is 1. The van der Waals surface area contributed by atoms with Gasteiger partial charge in [-0.1, -0.05) is 23.4 Å². The summed E-state index contributed by atoms with van der Waals surface area (Å²) in [5, 5.41) is 6.12. The van der Waals surface area contributed by atoms with Crippen LogP contribution in [-0.2, 0) is 9.59 Å². The molecule has 3 rings (SSSR count). The highest BCUT2D eigenvalue weighted by Crippen LogP contribution is 2.23. The Kier molecular flexibility index (Phi) is 7.19. The second-order valence-electron chi connectivity index (χ2n) is 7.36. The molecule has 0 bridgehead atoms. The molecule has 1 N–H and O–H groups in total. The monoisotopic (exact) mass is 416 g/mol. The summed E-state index contributed by atoms with van der Waals surface area (Å²) in [4.78, 5) is 29.2. The summed E-state index contributed by atoms with van der Waals surface area (Å²) >= 11 is 1.35. The van der Waals surface area contributed by atoms with Gasteiger partial charge in [-0.2, -0.15) is 0 Å². The maximum Gasteiger partial charge on any atom is 0.238 e. The van der Waals surface area contributed by atoms with E-state index in [9.17, 15) is 9.59 Å². The maximum atomic E-state index is 12.8. The number of aromatic nitrogens is 1. The number of hydrogen-bond donors (Lipinski definition) is 1. The number of nitrogens with zero attached hydrogens (tertiary/aromatic N) is 3. The predicted octanol–water partition coefficient (Wildman–Crippen LogP) is 3.17. The molecule has 156 valence electrons. The number of likely N-dealkylation sites (N-methyl/N-ethyl adjacent to an activating group) is 1. The lowest BCUT2D eigenvalue weighted by Gasteiger charge is -2.30. The van der Waals surface area contributed by atoms with Crippen LogP contribution in [0.2, 0.25) is 0 Å². The van der Waals surface area contributed by atoms with Gasteiger partial charge in [0.2, 0.25) is 11.8 Å². The van der Waals surface area contributed by atoms with Crippen molar-refractivity contribution in [3.05, 3.63) is 42.2 Å². The summed E-state index contributed by atoms with van der Waals surface area (Å²) in [7, 11) is 2.06. The first kappa shape index (κ1) is 21.2. The Balaban J connectivity index is 1.48. The zero-order valence-corrected chi connectivity index (χ0v) is 17.9. The molecule has 2 heterocycles. The lowest BCUT2D eigenvalue weighted by molar-refractivity contribution is -0.128. The number of hydrogen-bond acceptors (Lipinski definition) is 6. The van der Waals surface area contributed by atoms with Crippen molar-refractivity contribution in [2.24, 2.45) is 0 Å². The lowest BCUT2D eigenvalue weighted by Crippen LogP contribution is -2.43. The van der Waals surface area contributed by atoms with E-state index >= 15 is 0 Å². The molecule has 0 unspecified atom stereocenters. The first-order chi connectivity index (χ1) is 13.9. The van der Waals surface area contributed by atoms with E-state index in [0.29, 0.717) is 11.6 Å². The minimum absolute atomic E-state index is 0.0934.